The first-order chi connectivity index (χ1) is 12.7. The molecule has 0 aliphatic carbocycles. The standard InChI is InChI=1S/C19H23N7/c1-15-13-17(23-19(22-15)26-7-2-3-8-26)24-9-11-25(12-10-24)18-16(14-20)5-4-6-21-18/h4-6,13H,2-3,7-12H2,1H3. The van der Waals surface area contributed by atoms with E-state index < -0.39 is 0 Å². The largest absolute Gasteiger partial charge is 0.353 e. The average Bonchev–Trinajstić information content (AvgIpc) is 3.22. The molecule has 2 aliphatic rings. The summed E-state index contributed by atoms with van der Waals surface area (Å²) in [5.41, 5.74) is 1.64. The van der Waals surface area contributed by atoms with Crippen LogP contribution in [0.2, 0.25) is 0 Å². The number of pyridine rings is 1. The van der Waals surface area contributed by atoms with Gasteiger partial charge < -0.3 is 14.7 Å². The Morgan fingerprint density at radius 3 is 2.42 bits per heavy atom. The van der Waals surface area contributed by atoms with Crippen molar-refractivity contribution < 1.29 is 0 Å². The summed E-state index contributed by atoms with van der Waals surface area (Å²) in [5, 5.41) is 9.30. The number of nitriles is 1. The van der Waals surface area contributed by atoms with E-state index >= 15 is 0 Å². The normalized spacial score (nSPS) is 17.5. The van der Waals surface area contributed by atoms with Gasteiger partial charge in [0.05, 0.1) is 5.56 Å². The highest BCUT2D eigenvalue weighted by Gasteiger charge is 2.23. The van der Waals surface area contributed by atoms with Gasteiger partial charge in [-0.25, -0.2) is 9.97 Å². The molecule has 4 heterocycles. The van der Waals surface area contributed by atoms with Gasteiger partial charge in [0.1, 0.15) is 17.7 Å². The van der Waals surface area contributed by atoms with Gasteiger partial charge in [-0.05, 0) is 31.9 Å². The molecule has 2 aromatic heterocycles. The van der Waals surface area contributed by atoms with Gasteiger partial charge in [-0.1, -0.05) is 0 Å². The van der Waals surface area contributed by atoms with Gasteiger partial charge in [0.15, 0.2) is 0 Å². The molecule has 7 heteroatoms. The average molecular weight is 349 g/mol. The van der Waals surface area contributed by atoms with Crippen molar-refractivity contribution in [2.24, 2.45) is 0 Å². The van der Waals surface area contributed by atoms with Gasteiger partial charge in [0, 0.05) is 57.2 Å². The van der Waals surface area contributed by atoms with Crippen LogP contribution in [0.1, 0.15) is 24.1 Å². The summed E-state index contributed by atoms with van der Waals surface area (Å²) in [6, 6.07) is 7.94. The zero-order valence-electron chi connectivity index (χ0n) is 15.1. The lowest BCUT2D eigenvalue weighted by Crippen LogP contribution is -2.47. The molecule has 2 fully saturated rings. The van der Waals surface area contributed by atoms with E-state index in [1.807, 2.05) is 19.1 Å². The number of anilines is 3. The number of aromatic nitrogens is 3. The minimum absolute atomic E-state index is 0.634. The predicted octanol–water partition coefficient (Wildman–Crippen LogP) is 1.98. The lowest BCUT2D eigenvalue weighted by Gasteiger charge is -2.36. The van der Waals surface area contributed by atoms with Gasteiger partial charge in [-0.3, -0.25) is 0 Å². The van der Waals surface area contributed by atoms with Crippen LogP contribution >= 0.6 is 0 Å². The van der Waals surface area contributed by atoms with E-state index in [4.69, 9.17) is 4.98 Å². The Balaban J connectivity index is 1.49. The summed E-state index contributed by atoms with van der Waals surface area (Å²) < 4.78 is 0. The van der Waals surface area contributed by atoms with Gasteiger partial charge in [-0.15, -0.1) is 0 Å². The zero-order chi connectivity index (χ0) is 17.9. The van der Waals surface area contributed by atoms with Crippen LogP contribution in [0, 0.1) is 18.3 Å². The fourth-order valence-corrected chi connectivity index (χ4v) is 3.64. The third-order valence-corrected chi connectivity index (χ3v) is 5.03. The van der Waals surface area contributed by atoms with Crippen molar-refractivity contribution in [3.8, 4) is 6.07 Å². The molecule has 0 spiro atoms. The number of nitrogens with zero attached hydrogens (tertiary/aromatic N) is 7. The summed E-state index contributed by atoms with van der Waals surface area (Å²) in [6.45, 7) is 7.50. The van der Waals surface area contributed by atoms with E-state index in [9.17, 15) is 5.26 Å². The Kier molecular flexibility index (Phi) is 4.57. The summed E-state index contributed by atoms with van der Waals surface area (Å²) in [4.78, 5) is 20.6. The maximum absolute atomic E-state index is 9.30. The van der Waals surface area contributed by atoms with Crippen molar-refractivity contribution in [1.29, 1.82) is 5.26 Å². The molecule has 0 bridgehead atoms. The Morgan fingerprint density at radius 2 is 1.69 bits per heavy atom. The minimum Gasteiger partial charge on any atom is -0.353 e. The second kappa shape index (κ2) is 7.16. The van der Waals surface area contributed by atoms with Crippen LogP contribution in [0.3, 0.4) is 0 Å². The molecular weight excluding hydrogens is 326 g/mol. The monoisotopic (exact) mass is 349 g/mol. The molecule has 0 saturated carbocycles. The zero-order valence-corrected chi connectivity index (χ0v) is 15.1. The number of aryl methyl sites for hydroxylation is 1. The van der Waals surface area contributed by atoms with E-state index in [0.717, 1.165) is 62.5 Å². The molecule has 2 aromatic rings. The van der Waals surface area contributed by atoms with Crippen molar-refractivity contribution in [2.75, 3.05) is 54.0 Å². The van der Waals surface area contributed by atoms with Crippen molar-refractivity contribution in [2.45, 2.75) is 19.8 Å². The molecule has 7 nitrogen and oxygen atoms in total. The van der Waals surface area contributed by atoms with Crippen LogP contribution in [0.25, 0.3) is 0 Å². The van der Waals surface area contributed by atoms with Crippen LogP contribution in [0.4, 0.5) is 17.6 Å². The molecular formula is C19H23N7. The lowest BCUT2D eigenvalue weighted by atomic mass is 10.2. The molecule has 0 unspecified atom stereocenters. The van der Waals surface area contributed by atoms with Crippen molar-refractivity contribution in [3.63, 3.8) is 0 Å². The molecule has 0 atom stereocenters. The highest BCUT2D eigenvalue weighted by Crippen LogP contribution is 2.23. The van der Waals surface area contributed by atoms with E-state index in [1.54, 1.807) is 6.20 Å². The van der Waals surface area contributed by atoms with Gasteiger partial charge >= 0.3 is 0 Å². The molecule has 0 N–H and O–H groups in total. The number of hydrogen-bond donors (Lipinski definition) is 0. The second-order valence-corrected chi connectivity index (χ2v) is 6.82. The molecule has 0 aromatic carbocycles. The van der Waals surface area contributed by atoms with Crippen LogP contribution in [0.15, 0.2) is 24.4 Å². The third-order valence-electron chi connectivity index (χ3n) is 5.03. The summed E-state index contributed by atoms with van der Waals surface area (Å²) in [5.74, 6) is 2.64. The Morgan fingerprint density at radius 1 is 0.962 bits per heavy atom. The molecule has 26 heavy (non-hydrogen) atoms. The first-order valence-electron chi connectivity index (χ1n) is 9.20. The van der Waals surface area contributed by atoms with E-state index in [2.05, 4.69) is 36.8 Å². The Labute approximate surface area is 153 Å². The number of piperazine rings is 1. The number of rotatable bonds is 3. The fraction of sp³-hybridized carbons (Fsp3) is 0.474. The van der Waals surface area contributed by atoms with Crippen molar-refractivity contribution >= 4 is 17.6 Å². The first kappa shape index (κ1) is 16.6. The maximum Gasteiger partial charge on any atom is 0.227 e. The van der Waals surface area contributed by atoms with Crippen molar-refractivity contribution in [1.82, 2.24) is 15.0 Å². The quantitative estimate of drug-likeness (QED) is 0.839. The van der Waals surface area contributed by atoms with Crippen LogP contribution in [0.5, 0.6) is 0 Å². The number of hydrogen-bond acceptors (Lipinski definition) is 7. The highest BCUT2D eigenvalue weighted by molar-refractivity contribution is 5.55. The minimum atomic E-state index is 0.634. The summed E-state index contributed by atoms with van der Waals surface area (Å²) in [6.07, 6.45) is 4.19. The highest BCUT2D eigenvalue weighted by atomic mass is 15.3. The lowest BCUT2D eigenvalue weighted by molar-refractivity contribution is 0.639. The van der Waals surface area contributed by atoms with Gasteiger partial charge in [0.25, 0.3) is 0 Å². The molecule has 4 rings (SSSR count). The second-order valence-electron chi connectivity index (χ2n) is 6.82. The molecule has 2 aliphatic heterocycles. The third kappa shape index (κ3) is 3.27. The predicted molar refractivity (Wildman–Crippen MR) is 102 cm³/mol. The smallest absolute Gasteiger partial charge is 0.227 e. The fourth-order valence-electron chi connectivity index (χ4n) is 3.64. The Hall–Kier alpha value is -2.88. The Bertz CT molecular complexity index is 815. The van der Waals surface area contributed by atoms with E-state index in [1.165, 1.54) is 12.8 Å². The van der Waals surface area contributed by atoms with Crippen LogP contribution in [-0.2, 0) is 0 Å². The maximum atomic E-state index is 9.30. The summed E-state index contributed by atoms with van der Waals surface area (Å²) >= 11 is 0. The van der Waals surface area contributed by atoms with E-state index in [-0.39, 0.29) is 0 Å². The van der Waals surface area contributed by atoms with Crippen LogP contribution in [-0.4, -0.2) is 54.2 Å². The molecule has 0 amide bonds. The van der Waals surface area contributed by atoms with Crippen molar-refractivity contribution in [3.05, 3.63) is 35.7 Å². The summed E-state index contributed by atoms with van der Waals surface area (Å²) in [7, 11) is 0. The van der Waals surface area contributed by atoms with Crippen LogP contribution < -0.4 is 14.7 Å². The first-order valence-corrected chi connectivity index (χ1v) is 9.20. The van der Waals surface area contributed by atoms with Gasteiger partial charge in [-0.2, -0.15) is 10.2 Å². The SMILES string of the molecule is Cc1cc(N2CCN(c3ncccc3C#N)CC2)nc(N2CCCC2)n1. The topological polar surface area (TPSA) is 72.2 Å². The van der Waals surface area contributed by atoms with E-state index in [0.29, 0.717) is 5.56 Å². The molecule has 134 valence electrons. The molecule has 0 radical (unpaired) electrons. The molecule has 2 saturated heterocycles. The van der Waals surface area contributed by atoms with Gasteiger partial charge in [0.2, 0.25) is 5.95 Å².